The Kier molecular flexibility index (Phi) is 5.26. The first-order valence-corrected chi connectivity index (χ1v) is 7.62. The van der Waals surface area contributed by atoms with Gasteiger partial charge in [0.05, 0.1) is 6.61 Å². The van der Waals surface area contributed by atoms with Crippen molar-refractivity contribution in [2.24, 2.45) is 0 Å². The van der Waals surface area contributed by atoms with E-state index in [1.54, 1.807) is 0 Å². The molecule has 2 N–H and O–H groups in total. The fraction of sp³-hybridized carbons (Fsp3) is 0.625. The van der Waals surface area contributed by atoms with Crippen molar-refractivity contribution in [3.63, 3.8) is 0 Å². The van der Waals surface area contributed by atoms with E-state index < -0.39 is 0 Å². The highest BCUT2D eigenvalue weighted by molar-refractivity contribution is 6.30. The predicted molar refractivity (Wildman–Crippen MR) is 80.7 cm³/mol. The number of hydrogen-bond donors (Lipinski definition) is 2. The molecule has 1 aliphatic rings. The van der Waals surface area contributed by atoms with Crippen molar-refractivity contribution in [3.05, 3.63) is 34.9 Å². The number of nitrogens with one attached hydrogen (secondary N) is 1. The van der Waals surface area contributed by atoms with Gasteiger partial charge in [0.1, 0.15) is 0 Å². The van der Waals surface area contributed by atoms with Gasteiger partial charge in [0.25, 0.3) is 0 Å². The molecule has 0 aliphatic heterocycles. The Morgan fingerprint density at radius 1 is 1.21 bits per heavy atom. The summed E-state index contributed by atoms with van der Waals surface area (Å²) >= 11 is 5.91. The molecule has 0 bridgehead atoms. The van der Waals surface area contributed by atoms with Gasteiger partial charge < -0.3 is 10.4 Å². The molecule has 2 nitrogen and oxygen atoms in total. The molecule has 1 saturated carbocycles. The Hall–Kier alpha value is -0.570. The molecule has 0 heterocycles. The molecule has 1 aliphatic carbocycles. The quantitative estimate of drug-likeness (QED) is 0.865. The summed E-state index contributed by atoms with van der Waals surface area (Å²) in [6.45, 7) is 2.27. The Morgan fingerprint density at radius 2 is 1.84 bits per heavy atom. The van der Waals surface area contributed by atoms with Gasteiger partial charge in [-0.1, -0.05) is 43.0 Å². The fourth-order valence-electron chi connectivity index (χ4n) is 2.95. The molecule has 1 aromatic rings. The first-order chi connectivity index (χ1) is 9.11. The highest BCUT2D eigenvalue weighted by Crippen LogP contribution is 2.22. The van der Waals surface area contributed by atoms with Gasteiger partial charge in [-0.15, -0.1) is 0 Å². The summed E-state index contributed by atoms with van der Waals surface area (Å²) < 4.78 is 0. The number of rotatable bonds is 5. The molecule has 0 amide bonds. The second-order valence-corrected chi connectivity index (χ2v) is 6.44. The maximum Gasteiger partial charge on any atom is 0.0613 e. The molecule has 19 heavy (non-hydrogen) atoms. The van der Waals surface area contributed by atoms with Crippen molar-refractivity contribution >= 4 is 11.6 Å². The lowest BCUT2D eigenvalue weighted by Crippen LogP contribution is -2.52. The monoisotopic (exact) mass is 281 g/mol. The minimum Gasteiger partial charge on any atom is -0.394 e. The Bertz CT molecular complexity index is 386. The van der Waals surface area contributed by atoms with Crippen LogP contribution in [0.1, 0.15) is 44.6 Å². The van der Waals surface area contributed by atoms with Gasteiger partial charge in [0, 0.05) is 16.6 Å². The predicted octanol–water partition coefficient (Wildman–Crippen LogP) is 3.56. The lowest BCUT2D eigenvalue weighted by molar-refractivity contribution is 0.150. The fourth-order valence-corrected chi connectivity index (χ4v) is 3.07. The molecule has 1 atom stereocenters. The van der Waals surface area contributed by atoms with E-state index in [4.69, 9.17) is 11.6 Å². The third-order valence-electron chi connectivity index (χ3n) is 4.01. The highest BCUT2D eigenvalue weighted by Gasteiger charge is 2.27. The van der Waals surface area contributed by atoms with Crippen LogP contribution in [0.5, 0.6) is 0 Å². The molecule has 106 valence electrons. The van der Waals surface area contributed by atoms with E-state index in [1.165, 1.54) is 37.7 Å². The van der Waals surface area contributed by atoms with E-state index in [1.807, 2.05) is 24.3 Å². The topological polar surface area (TPSA) is 32.3 Å². The third kappa shape index (κ3) is 4.48. The highest BCUT2D eigenvalue weighted by atomic mass is 35.5. The lowest BCUT2D eigenvalue weighted by Gasteiger charge is -2.35. The summed E-state index contributed by atoms with van der Waals surface area (Å²) in [5, 5.41) is 14.2. The zero-order chi connectivity index (χ0) is 13.7. The Labute approximate surface area is 121 Å². The van der Waals surface area contributed by atoms with Crippen molar-refractivity contribution in [3.8, 4) is 0 Å². The minimum absolute atomic E-state index is 0.159. The molecule has 1 fully saturated rings. The zero-order valence-electron chi connectivity index (χ0n) is 11.7. The van der Waals surface area contributed by atoms with Crippen molar-refractivity contribution in [1.29, 1.82) is 0 Å². The smallest absolute Gasteiger partial charge is 0.0613 e. The molecule has 1 aromatic carbocycles. The molecule has 3 heteroatoms. The third-order valence-corrected chi connectivity index (χ3v) is 4.27. The van der Waals surface area contributed by atoms with E-state index in [0.717, 1.165) is 11.4 Å². The van der Waals surface area contributed by atoms with Crippen LogP contribution < -0.4 is 5.32 Å². The van der Waals surface area contributed by atoms with Crippen LogP contribution in [0, 0.1) is 0 Å². The van der Waals surface area contributed by atoms with Crippen LogP contribution in [0.4, 0.5) is 0 Å². The summed E-state index contributed by atoms with van der Waals surface area (Å²) in [4.78, 5) is 0. The van der Waals surface area contributed by atoms with Gasteiger partial charge in [-0.25, -0.2) is 0 Å². The number of halogens is 1. The summed E-state index contributed by atoms with van der Waals surface area (Å²) in [6, 6.07) is 8.46. The van der Waals surface area contributed by atoms with Crippen LogP contribution in [0.3, 0.4) is 0 Å². The number of aliphatic hydroxyl groups excluding tert-OH is 1. The van der Waals surface area contributed by atoms with E-state index in [-0.39, 0.29) is 12.1 Å². The van der Waals surface area contributed by atoms with E-state index in [2.05, 4.69) is 12.2 Å². The van der Waals surface area contributed by atoms with Crippen LogP contribution >= 0.6 is 11.6 Å². The standard InChI is InChI=1S/C16H24ClNO/c1-16(12-19,18-15-5-3-2-4-6-15)11-13-7-9-14(17)10-8-13/h7-10,15,18-19H,2-6,11-12H2,1H3. The van der Waals surface area contributed by atoms with Gasteiger partial charge in [-0.05, 0) is 43.9 Å². The first kappa shape index (κ1) is 14.8. The Balaban J connectivity index is 1.98. The molecule has 2 rings (SSSR count). The Morgan fingerprint density at radius 3 is 2.42 bits per heavy atom. The van der Waals surface area contributed by atoms with Gasteiger partial charge in [0.2, 0.25) is 0 Å². The van der Waals surface area contributed by atoms with Crippen molar-refractivity contribution in [1.82, 2.24) is 5.32 Å². The van der Waals surface area contributed by atoms with E-state index >= 15 is 0 Å². The van der Waals surface area contributed by atoms with Gasteiger partial charge in [-0.3, -0.25) is 0 Å². The van der Waals surface area contributed by atoms with Crippen LogP contribution in [0.2, 0.25) is 5.02 Å². The maximum absolute atomic E-state index is 9.74. The summed E-state index contributed by atoms with van der Waals surface area (Å²) in [5.41, 5.74) is 0.972. The van der Waals surface area contributed by atoms with E-state index in [9.17, 15) is 5.11 Å². The molecule has 0 spiro atoms. The molecular weight excluding hydrogens is 258 g/mol. The maximum atomic E-state index is 9.74. The second-order valence-electron chi connectivity index (χ2n) is 6.00. The molecule has 0 saturated heterocycles. The SMILES string of the molecule is CC(CO)(Cc1ccc(Cl)cc1)NC1CCCCC1. The van der Waals surface area contributed by atoms with Crippen molar-refractivity contribution in [2.75, 3.05) is 6.61 Å². The summed E-state index contributed by atoms with van der Waals surface area (Å²) in [7, 11) is 0. The average Bonchev–Trinajstić information content (AvgIpc) is 2.42. The van der Waals surface area contributed by atoms with Crippen LogP contribution in [-0.4, -0.2) is 23.3 Å². The largest absolute Gasteiger partial charge is 0.394 e. The van der Waals surface area contributed by atoms with Gasteiger partial charge in [0.15, 0.2) is 0 Å². The van der Waals surface area contributed by atoms with Crippen molar-refractivity contribution < 1.29 is 5.11 Å². The lowest BCUT2D eigenvalue weighted by atomic mass is 9.89. The van der Waals surface area contributed by atoms with Crippen LogP contribution in [0.15, 0.2) is 24.3 Å². The number of benzene rings is 1. The van der Waals surface area contributed by atoms with Gasteiger partial charge >= 0.3 is 0 Å². The van der Waals surface area contributed by atoms with Crippen molar-refractivity contribution in [2.45, 2.75) is 57.0 Å². The second kappa shape index (κ2) is 6.74. The first-order valence-electron chi connectivity index (χ1n) is 7.24. The molecule has 1 unspecified atom stereocenters. The zero-order valence-corrected chi connectivity index (χ0v) is 12.4. The van der Waals surface area contributed by atoms with Gasteiger partial charge in [-0.2, -0.15) is 0 Å². The summed E-state index contributed by atoms with van der Waals surface area (Å²) in [5.74, 6) is 0. The molecular formula is C16H24ClNO. The summed E-state index contributed by atoms with van der Waals surface area (Å²) in [6.07, 6.45) is 7.26. The normalized spacial score (nSPS) is 20.2. The molecule has 0 radical (unpaired) electrons. The average molecular weight is 282 g/mol. The molecule has 0 aromatic heterocycles. The van der Waals surface area contributed by atoms with E-state index in [0.29, 0.717) is 6.04 Å². The number of hydrogen-bond acceptors (Lipinski definition) is 2. The minimum atomic E-state index is -0.240. The number of aliphatic hydroxyl groups is 1. The van der Waals surface area contributed by atoms with Crippen LogP contribution in [-0.2, 0) is 6.42 Å². The van der Waals surface area contributed by atoms with Crippen LogP contribution in [0.25, 0.3) is 0 Å².